The van der Waals surface area contributed by atoms with Crippen LogP contribution in [0.1, 0.15) is 56.1 Å². The third-order valence-corrected chi connectivity index (χ3v) is 10.6. The number of β-lactam (4-membered cyclic amide) rings is 1. The van der Waals surface area contributed by atoms with Gasteiger partial charge in [-0.15, -0.1) is 0 Å². The van der Waals surface area contributed by atoms with Crippen LogP contribution in [0.2, 0.25) is 0 Å². The van der Waals surface area contributed by atoms with Gasteiger partial charge in [-0.3, -0.25) is 19.3 Å². The van der Waals surface area contributed by atoms with E-state index < -0.39 is 92.9 Å². The first-order valence-corrected chi connectivity index (χ1v) is 19.8. The quantitative estimate of drug-likeness (QED) is 0.0277. The number of carbonyl (C=O) groups excluding carboxylic acids is 4. The summed E-state index contributed by atoms with van der Waals surface area (Å²) in [6, 6.07) is 24.5. The lowest BCUT2D eigenvalue weighted by molar-refractivity contribution is -0.174. The highest BCUT2D eigenvalue weighted by atomic mass is 32.2. The molecule has 3 heterocycles. The van der Waals surface area contributed by atoms with Gasteiger partial charge in [0, 0.05) is 34.6 Å². The van der Waals surface area contributed by atoms with E-state index in [0.29, 0.717) is 21.6 Å². The number of nitrogens with two attached hydrogens (primary N) is 1. The summed E-state index contributed by atoms with van der Waals surface area (Å²) in [6.07, 6.45) is -0.927. The summed E-state index contributed by atoms with van der Waals surface area (Å²) >= 11 is 0.742. The molecule has 0 aliphatic carbocycles. The summed E-state index contributed by atoms with van der Waals surface area (Å²) in [5.41, 5.74) is -2.21. The number of benzene rings is 3. The van der Waals surface area contributed by atoms with Crippen LogP contribution in [0.5, 0.6) is 0 Å². The molecule has 0 bridgehead atoms. The van der Waals surface area contributed by atoms with Crippen LogP contribution in [0.3, 0.4) is 0 Å². The van der Waals surface area contributed by atoms with Crippen LogP contribution in [0, 0.1) is 5.41 Å². The Kier molecular flexibility index (Phi) is 11.8. The lowest BCUT2D eigenvalue weighted by Crippen LogP contribution is -2.72. The van der Waals surface area contributed by atoms with Crippen LogP contribution < -0.4 is 11.1 Å². The highest BCUT2D eigenvalue weighted by Crippen LogP contribution is 2.42. The fraction of sp³-hybridized carbons (Fsp3) is 0.289. The van der Waals surface area contributed by atoms with Crippen LogP contribution >= 0.6 is 11.5 Å². The van der Waals surface area contributed by atoms with Crippen molar-refractivity contribution in [2.24, 2.45) is 10.6 Å². The summed E-state index contributed by atoms with van der Waals surface area (Å²) in [7, 11) is -6.31. The third kappa shape index (κ3) is 8.60. The van der Waals surface area contributed by atoms with Crippen LogP contribution in [0.4, 0.5) is 18.3 Å². The molecule has 310 valence electrons. The zero-order valence-corrected chi connectivity index (χ0v) is 33.0. The van der Waals surface area contributed by atoms with E-state index in [1.165, 1.54) is 20.8 Å². The summed E-state index contributed by atoms with van der Waals surface area (Å²) in [6.45, 7) is 3.46. The van der Waals surface area contributed by atoms with E-state index in [4.69, 9.17) is 20.0 Å². The summed E-state index contributed by atoms with van der Waals surface area (Å²) in [5.74, 6) is -5.80. The SMILES string of the molecule is CC(C)(C)C(=O)OCOC(=O)C1=C(OS(=O)(=O)C(F)(F)F)CC[C@@H]2[C@H](NC(=O)C(=NOC(c3ccccc3)(c3ccccc3)c3ccccc3)c3nsc(N)n3)C(=O)N12. The molecule has 2 atom stereocenters. The van der Waals surface area contributed by atoms with Crippen molar-refractivity contribution in [2.45, 2.75) is 56.8 Å². The third-order valence-electron chi connectivity index (χ3n) is 9.04. The Labute approximate surface area is 339 Å². The predicted octanol–water partition coefficient (Wildman–Crippen LogP) is 4.49. The van der Waals surface area contributed by atoms with Gasteiger partial charge < -0.3 is 29.5 Å². The number of ether oxygens (including phenoxy) is 2. The molecule has 0 radical (unpaired) electrons. The monoisotopic (exact) mass is 856 g/mol. The highest BCUT2D eigenvalue weighted by Gasteiger charge is 2.57. The minimum Gasteiger partial charge on any atom is -0.427 e. The Bertz CT molecular complexity index is 2310. The Balaban J connectivity index is 1.34. The number of amides is 2. The molecule has 2 aliphatic rings. The zero-order chi connectivity index (χ0) is 42.8. The number of aromatic nitrogens is 2. The average molecular weight is 857 g/mol. The Hall–Kier alpha value is -6.35. The standard InChI is InChI=1S/C38H35F3N6O10S2/c1-36(2,3)34(51)55-21-54-33(50)29-26(56-59(52,53)38(39,40)41)20-19-25-27(32(49)47(25)29)43-31(48)28(30-44-35(42)58-46-30)45-57-37(22-13-7-4-8-14-22,23-15-9-5-10-16-23)24-17-11-6-12-18-24/h4-18,25,27H,19-21H2,1-3H3,(H,43,48)(H2,42,44,46)/t25-,27+/m1/s1. The smallest absolute Gasteiger partial charge is 0.427 e. The molecule has 21 heteroatoms. The molecule has 2 aliphatic heterocycles. The molecule has 0 spiro atoms. The van der Waals surface area contributed by atoms with Gasteiger partial charge in [0.25, 0.3) is 11.8 Å². The van der Waals surface area contributed by atoms with Crippen molar-refractivity contribution in [1.82, 2.24) is 19.6 Å². The number of nitrogens with one attached hydrogen (secondary N) is 1. The molecule has 3 N–H and O–H groups in total. The molecular weight excluding hydrogens is 822 g/mol. The van der Waals surface area contributed by atoms with Crippen molar-refractivity contribution in [3.63, 3.8) is 0 Å². The number of rotatable bonds is 13. The molecule has 6 rings (SSSR count). The first-order chi connectivity index (χ1) is 27.8. The van der Waals surface area contributed by atoms with Crippen molar-refractivity contribution in [2.75, 3.05) is 12.5 Å². The Morgan fingerprint density at radius 3 is 1.93 bits per heavy atom. The minimum absolute atomic E-state index is 0.0399. The van der Waals surface area contributed by atoms with E-state index in [0.717, 1.165) is 11.5 Å². The van der Waals surface area contributed by atoms with Crippen LogP contribution in [0.15, 0.2) is 108 Å². The van der Waals surface area contributed by atoms with E-state index in [9.17, 15) is 40.8 Å². The zero-order valence-electron chi connectivity index (χ0n) is 31.3. The number of allylic oxidation sites excluding steroid dienone is 1. The number of esters is 2. The molecule has 1 aromatic heterocycles. The van der Waals surface area contributed by atoms with E-state index >= 15 is 0 Å². The molecule has 0 unspecified atom stereocenters. The van der Waals surface area contributed by atoms with E-state index in [2.05, 4.69) is 24.0 Å². The molecule has 3 aromatic carbocycles. The van der Waals surface area contributed by atoms with Gasteiger partial charge in [-0.2, -0.15) is 30.9 Å². The summed E-state index contributed by atoms with van der Waals surface area (Å²) in [5, 5.41) is 6.79. The number of nitrogens with zero attached hydrogens (tertiary/aromatic N) is 4. The van der Waals surface area contributed by atoms with Gasteiger partial charge >= 0.3 is 27.6 Å². The van der Waals surface area contributed by atoms with Gasteiger partial charge in [0.2, 0.25) is 23.9 Å². The van der Waals surface area contributed by atoms with Crippen molar-refractivity contribution < 1.29 is 59.3 Å². The Morgan fingerprint density at radius 1 is 0.915 bits per heavy atom. The minimum atomic E-state index is -6.31. The number of alkyl halides is 3. The number of hydrogen-bond donors (Lipinski definition) is 2. The second kappa shape index (κ2) is 16.5. The summed E-state index contributed by atoms with van der Waals surface area (Å²) in [4.78, 5) is 64.6. The molecular formula is C38H35F3N6O10S2. The fourth-order valence-corrected chi connectivity index (χ4v) is 7.17. The maximum Gasteiger partial charge on any atom is 0.534 e. The maximum atomic E-state index is 14.2. The lowest BCUT2D eigenvalue weighted by Gasteiger charge is -2.49. The predicted molar refractivity (Wildman–Crippen MR) is 203 cm³/mol. The number of hydrogen-bond acceptors (Lipinski definition) is 15. The highest BCUT2D eigenvalue weighted by molar-refractivity contribution is 7.87. The van der Waals surface area contributed by atoms with Crippen molar-refractivity contribution in [3.8, 4) is 0 Å². The topological polar surface area (TPSA) is 219 Å². The molecule has 59 heavy (non-hydrogen) atoms. The second-order valence-corrected chi connectivity index (χ2v) is 16.3. The Morgan fingerprint density at radius 2 is 1.46 bits per heavy atom. The number of halogens is 3. The number of oxime groups is 1. The molecule has 1 fully saturated rings. The van der Waals surface area contributed by atoms with Crippen LogP contribution in [-0.4, -0.2) is 76.5 Å². The van der Waals surface area contributed by atoms with Crippen molar-refractivity contribution in [1.29, 1.82) is 0 Å². The largest absolute Gasteiger partial charge is 0.534 e. The van der Waals surface area contributed by atoms with Gasteiger partial charge in [-0.25, -0.2) is 4.79 Å². The van der Waals surface area contributed by atoms with Crippen molar-refractivity contribution in [3.05, 3.63) is 125 Å². The van der Waals surface area contributed by atoms with Crippen LogP contribution in [-0.2, 0) is 53.4 Å². The molecule has 4 aromatic rings. The molecule has 16 nitrogen and oxygen atoms in total. The van der Waals surface area contributed by atoms with E-state index in [-0.39, 0.29) is 17.4 Å². The molecule has 0 saturated carbocycles. The number of carbonyl (C=O) groups is 4. The van der Waals surface area contributed by atoms with Gasteiger partial charge in [-0.05, 0) is 27.2 Å². The summed E-state index contributed by atoms with van der Waals surface area (Å²) < 4.78 is 82.4. The molecule has 2 amide bonds. The number of nitrogen functional groups attached to an aromatic ring is 1. The van der Waals surface area contributed by atoms with Crippen molar-refractivity contribution >= 4 is 56.2 Å². The fourth-order valence-electron chi connectivity index (χ4n) is 6.22. The number of fused-ring (bicyclic) bond motifs is 1. The lowest BCUT2D eigenvalue weighted by atomic mass is 9.80. The number of anilines is 1. The van der Waals surface area contributed by atoms with Gasteiger partial charge in [0.05, 0.1) is 11.5 Å². The van der Waals surface area contributed by atoms with Gasteiger partial charge in [0.15, 0.2) is 16.6 Å². The second-order valence-electron chi connectivity index (χ2n) is 14.0. The normalized spacial score (nSPS) is 17.4. The first kappa shape index (κ1) is 42.3. The van der Waals surface area contributed by atoms with Crippen LogP contribution in [0.25, 0.3) is 0 Å². The first-order valence-electron chi connectivity index (χ1n) is 17.6. The van der Waals surface area contributed by atoms with E-state index in [1.807, 2.05) is 54.6 Å². The average Bonchev–Trinajstić information content (AvgIpc) is 3.63. The van der Waals surface area contributed by atoms with E-state index in [1.54, 1.807) is 36.4 Å². The van der Waals surface area contributed by atoms with Gasteiger partial charge in [-0.1, -0.05) is 96.2 Å². The maximum absolute atomic E-state index is 14.2. The molecule has 1 saturated heterocycles. The van der Waals surface area contributed by atoms with Gasteiger partial charge in [0.1, 0.15) is 6.04 Å².